The summed E-state index contributed by atoms with van der Waals surface area (Å²) in [7, 11) is 0. The van der Waals surface area contributed by atoms with Crippen LogP contribution in [-0.4, -0.2) is 23.5 Å². The number of hydrazine groups is 1. The van der Waals surface area contributed by atoms with Crippen molar-refractivity contribution in [2.45, 2.75) is 0 Å². The van der Waals surface area contributed by atoms with Crippen LogP contribution in [0.25, 0.3) is 10.8 Å². The SMILES string of the molecule is O=C(COc1ccc2ccccc2c1Br)NC(=S)NNC(=O)c1ccc(Cl)cc1Cl. The molecular formula is C20H14BrCl2N3O3S. The Hall–Kier alpha value is -2.39. The molecular weight excluding hydrogens is 513 g/mol. The molecule has 0 spiro atoms. The van der Waals surface area contributed by atoms with Crippen molar-refractivity contribution in [1.82, 2.24) is 16.2 Å². The van der Waals surface area contributed by atoms with Crippen LogP contribution < -0.4 is 20.9 Å². The highest BCUT2D eigenvalue weighted by Gasteiger charge is 2.13. The average molecular weight is 527 g/mol. The third-order valence-electron chi connectivity index (χ3n) is 3.90. The largest absolute Gasteiger partial charge is 0.483 e. The van der Waals surface area contributed by atoms with Gasteiger partial charge in [0.05, 0.1) is 15.1 Å². The van der Waals surface area contributed by atoms with E-state index in [0.29, 0.717) is 10.8 Å². The molecule has 3 N–H and O–H groups in total. The number of rotatable bonds is 4. The molecule has 2 amide bonds. The van der Waals surface area contributed by atoms with E-state index in [9.17, 15) is 9.59 Å². The monoisotopic (exact) mass is 525 g/mol. The number of amides is 2. The number of fused-ring (bicyclic) bond motifs is 1. The van der Waals surface area contributed by atoms with Gasteiger partial charge < -0.3 is 4.74 Å². The van der Waals surface area contributed by atoms with Gasteiger partial charge in [0, 0.05) is 5.02 Å². The minimum atomic E-state index is -0.537. The number of hydrogen-bond donors (Lipinski definition) is 3. The summed E-state index contributed by atoms with van der Waals surface area (Å²) in [6.07, 6.45) is 0. The fourth-order valence-electron chi connectivity index (χ4n) is 2.52. The summed E-state index contributed by atoms with van der Waals surface area (Å²) in [5, 5.41) is 4.92. The summed E-state index contributed by atoms with van der Waals surface area (Å²) >= 11 is 20.3. The first-order chi connectivity index (χ1) is 14.3. The molecule has 10 heteroatoms. The first kappa shape index (κ1) is 22.3. The van der Waals surface area contributed by atoms with Gasteiger partial charge in [-0.15, -0.1) is 0 Å². The molecule has 0 heterocycles. The highest BCUT2D eigenvalue weighted by molar-refractivity contribution is 9.10. The van der Waals surface area contributed by atoms with E-state index in [1.807, 2.05) is 30.3 Å². The Bertz CT molecular complexity index is 1140. The number of hydrogen-bond acceptors (Lipinski definition) is 4. The Labute approximate surface area is 196 Å². The molecule has 0 aliphatic rings. The molecule has 3 aromatic carbocycles. The molecule has 0 aromatic heterocycles. The summed E-state index contributed by atoms with van der Waals surface area (Å²) in [4.78, 5) is 24.2. The van der Waals surface area contributed by atoms with Crippen molar-refractivity contribution in [2.75, 3.05) is 6.61 Å². The van der Waals surface area contributed by atoms with Crippen molar-refractivity contribution < 1.29 is 14.3 Å². The third-order valence-corrected chi connectivity index (χ3v) is 5.47. The van der Waals surface area contributed by atoms with E-state index in [1.54, 1.807) is 6.07 Å². The van der Waals surface area contributed by atoms with Crippen molar-refractivity contribution in [3.8, 4) is 5.75 Å². The number of benzene rings is 3. The Morgan fingerprint density at radius 2 is 1.80 bits per heavy atom. The van der Waals surface area contributed by atoms with E-state index in [0.717, 1.165) is 15.2 Å². The van der Waals surface area contributed by atoms with E-state index in [1.165, 1.54) is 18.2 Å². The maximum Gasteiger partial charge on any atom is 0.271 e. The zero-order chi connectivity index (χ0) is 21.7. The Morgan fingerprint density at radius 3 is 2.57 bits per heavy atom. The summed E-state index contributed by atoms with van der Waals surface area (Å²) in [6, 6.07) is 15.9. The van der Waals surface area contributed by atoms with Crippen LogP contribution >= 0.6 is 51.3 Å². The number of ether oxygens (including phenoxy) is 1. The normalized spacial score (nSPS) is 10.4. The van der Waals surface area contributed by atoms with Crippen LogP contribution in [0.1, 0.15) is 10.4 Å². The fourth-order valence-corrected chi connectivity index (χ4v) is 3.78. The first-order valence-electron chi connectivity index (χ1n) is 8.50. The lowest BCUT2D eigenvalue weighted by Gasteiger charge is -2.13. The number of halogens is 3. The lowest BCUT2D eigenvalue weighted by molar-refractivity contribution is -0.121. The Morgan fingerprint density at radius 1 is 1.03 bits per heavy atom. The van der Waals surface area contributed by atoms with Crippen molar-refractivity contribution in [1.29, 1.82) is 0 Å². The second-order valence-electron chi connectivity index (χ2n) is 5.97. The van der Waals surface area contributed by atoms with Gasteiger partial charge in [0.2, 0.25) is 0 Å². The number of thiocarbonyl (C=S) groups is 1. The van der Waals surface area contributed by atoms with Crippen LogP contribution in [0, 0.1) is 0 Å². The standard InChI is InChI=1S/C20H14BrCl2N3O3S/c21-18-13-4-2-1-3-11(13)5-8-16(18)29-10-17(27)24-20(30)26-25-19(28)14-7-6-12(22)9-15(14)23/h1-9H,10H2,(H,25,28)(H2,24,26,27,30). The van der Waals surface area contributed by atoms with Gasteiger partial charge in [0.15, 0.2) is 11.7 Å². The molecule has 0 aliphatic heterocycles. The van der Waals surface area contributed by atoms with Crippen LogP contribution in [0.4, 0.5) is 0 Å². The molecule has 0 bridgehead atoms. The maximum atomic E-state index is 12.1. The number of nitrogens with one attached hydrogen (secondary N) is 3. The molecule has 0 radical (unpaired) electrons. The van der Waals surface area contributed by atoms with Crippen LogP contribution in [0.2, 0.25) is 10.0 Å². The van der Waals surface area contributed by atoms with Gasteiger partial charge in [0.1, 0.15) is 5.75 Å². The smallest absolute Gasteiger partial charge is 0.271 e. The highest BCUT2D eigenvalue weighted by Crippen LogP contribution is 2.32. The van der Waals surface area contributed by atoms with E-state index in [2.05, 4.69) is 32.1 Å². The maximum absolute atomic E-state index is 12.1. The van der Waals surface area contributed by atoms with E-state index in [-0.39, 0.29) is 22.3 Å². The molecule has 3 aromatic rings. The quantitative estimate of drug-likeness (QED) is 0.341. The average Bonchev–Trinajstić information content (AvgIpc) is 2.72. The van der Waals surface area contributed by atoms with Gasteiger partial charge in [-0.1, -0.05) is 53.5 Å². The first-order valence-corrected chi connectivity index (χ1v) is 10.5. The molecule has 0 saturated carbocycles. The van der Waals surface area contributed by atoms with E-state index in [4.69, 9.17) is 40.2 Å². The minimum Gasteiger partial charge on any atom is -0.483 e. The molecule has 30 heavy (non-hydrogen) atoms. The van der Waals surface area contributed by atoms with Gasteiger partial charge in [-0.05, 0) is 63.2 Å². The van der Waals surface area contributed by atoms with Crippen LogP contribution in [0.15, 0.2) is 59.1 Å². The Balaban J connectivity index is 1.49. The van der Waals surface area contributed by atoms with Crippen molar-refractivity contribution in [3.63, 3.8) is 0 Å². The van der Waals surface area contributed by atoms with Crippen LogP contribution in [-0.2, 0) is 4.79 Å². The number of carbonyl (C=O) groups excluding carboxylic acids is 2. The molecule has 154 valence electrons. The summed E-state index contributed by atoms with van der Waals surface area (Å²) in [5.74, 6) is -0.510. The van der Waals surface area contributed by atoms with Crippen molar-refractivity contribution in [2.24, 2.45) is 0 Å². The lowest BCUT2D eigenvalue weighted by atomic mass is 10.1. The van der Waals surface area contributed by atoms with Crippen LogP contribution in [0.3, 0.4) is 0 Å². The van der Waals surface area contributed by atoms with Gasteiger partial charge in [-0.2, -0.15) is 0 Å². The lowest BCUT2D eigenvalue weighted by Crippen LogP contribution is -2.49. The molecule has 0 atom stereocenters. The second-order valence-corrected chi connectivity index (χ2v) is 8.01. The summed E-state index contributed by atoms with van der Waals surface area (Å²) < 4.78 is 6.32. The second kappa shape index (κ2) is 10.1. The van der Waals surface area contributed by atoms with E-state index < -0.39 is 11.8 Å². The summed E-state index contributed by atoms with van der Waals surface area (Å²) in [5.41, 5.74) is 4.98. The topological polar surface area (TPSA) is 79.5 Å². The third kappa shape index (κ3) is 5.60. The van der Waals surface area contributed by atoms with Crippen molar-refractivity contribution in [3.05, 3.63) is 74.7 Å². The van der Waals surface area contributed by atoms with Crippen molar-refractivity contribution >= 4 is 79.0 Å². The van der Waals surface area contributed by atoms with Gasteiger partial charge >= 0.3 is 0 Å². The molecule has 0 unspecified atom stereocenters. The zero-order valence-electron chi connectivity index (χ0n) is 15.2. The molecule has 0 saturated heterocycles. The van der Waals surface area contributed by atoms with Crippen LogP contribution in [0.5, 0.6) is 5.75 Å². The molecule has 6 nitrogen and oxygen atoms in total. The highest BCUT2D eigenvalue weighted by atomic mass is 79.9. The number of carbonyl (C=O) groups is 2. The summed E-state index contributed by atoms with van der Waals surface area (Å²) in [6.45, 7) is -0.268. The molecule has 0 aliphatic carbocycles. The predicted molar refractivity (Wildman–Crippen MR) is 125 cm³/mol. The van der Waals surface area contributed by atoms with E-state index >= 15 is 0 Å². The zero-order valence-corrected chi connectivity index (χ0v) is 19.1. The van der Waals surface area contributed by atoms with Gasteiger partial charge in [-0.3, -0.25) is 25.8 Å². The van der Waals surface area contributed by atoms with Gasteiger partial charge in [-0.25, -0.2) is 0 Å². The minimum absolute atomic E-state index is 0.0976. The molecule has 3 rings (SSSR count). The predicted octanol–water partition coefficient (Wildman–Crippen LogP) is 4.62. The Kier molecular flexibility index (Phi) is 7.49. The fraction of sp³-hybridized carbons (Fsp3) is 0.0500. The van der Waals surface area contributed by atoms with Gasteiger partial charge in [0.25, 0.3) is 11.8 Å². The molecule has 0 fully saturated rings.